The molecule has 0 aliphatic carbocycles. The Morgan fingerprint density at radius 2 is 2.20 bits per heavy atom. The van der Waals surface area contributed by atoms with E-state index in [1.54, 1.807) is 18.3 Å². The Balaban J connectivity index is 3.03. The van der Waals surface area contributed by atoms with Gasteiger partial charge in [0.2, 0.25) is 0 Å². The van der Waals surface area contributed by atoms with Crippen molar-refractivity contribution < 1.29 is 5.11 Å². The molecule has 1 aromatic heterocycles. The second-order valence-electron chi connectivity index (χ2n) is 1.96. The Morgan fingerprint density at radius 3 is 2.40 bits per heavy atom. The second kappa shape index (κ2) is 3.34. The Labute approximate surface area is 80.3 Å². The predicted octanol–water partition coefficient (Wildman–Crippen LogP) is 3.33. The molecule has 0 aliphatic heterocycles. The zero-order valence-corrected chi connectivity index (χ0v) is 9.25. The van der Waals surface area contributed by atoms with E-state index < -0.39 is 6.10 Å². The summed E-state index contributed by atoms with van der Waals surface area (Å²) in [5, 5.41) is 9.17. The van der Waals surface area contributed by atoms with Crippen LogP contribution in [0.15, 0.2) is 13.6 Å². The van der Waals surface area contributed by atoms with Gasteiger partial charge in [0.25, 0.3) is 0 Å². The van der Waals surface area contributed by atoms with Crippen LogP contribution in [0.2, 0.25) is 0 Å². The third-order valence-corrected chi connectivity index (χ3v) is 3.52. The molecule has 0 saturated heterocycles. The van der Waals surface area contributed by atoms with Gasteiger partial charge < -0.3 is 5.11 Å². The van der Waals surface area contributed by atoms with Gasteiger partial charge in [-0.2, -0.15) is 0 Å². The van der Waals surface area contributed by atoms with Crippen molar-refractivity contribution >= 4 is 43.2 Å². The van der Waals surface area contributed by atoms with Crippen molar-refractivity contribution in [2.45, 2.75) is 13.0 Å². The highest BCUT2D eigenvalue weighted by Crippen LogP contribution is 2.35. The quantitative estimate of drug-likeness (QED) is 0.839. The average molecular weight is 286 g/mol. The van der Waals surface area contributed by atoms with Crippen LogP contribution in [0.4, 0.5) is 0 Å². The first-order chi connectivity index (χ1) is 4.61. The minimum absolute atomic E-state index is 0.392. The van der Waals surface area contributed by atoms with Crippen LogP contribution in [0.1, 0.15) is 18.6 Å². The van der Waals surface area contributed by atoms with E-state index in [-0.39, 0.29) is 0 Å². The number of aliphatic hydroxyl groups is 1. The molecule has 0 amide bonds. The van der Waals surface area contributed by atoms with Crippen molar-refractivity contribution in [2.24, 2.45) is 0 Å². The smallest absolute Gasteiger partial charge is 0.0781 e. The lowest BCUT2D eigenvalue weighted by Gasteiger charge is -1.98. The summed E-state index contributed by atoms with van der Waals surface area (Å²) in [5.41, 5.74) is 0.942. The summed E-state index contributed by atoms with van der Waals surface area (Å²) >= 11 is 8.25. The van der Waals surface area contributed by atoms with Crippen LogP contribution in [-0.2, 0) is 0 Å². The summed E-state index contributed by atoms with van der Waals surface area (Å²) in [6, 6.07) is 1.92. The third-order valence-electron chi connectivity index (χ3n) is 1.13. The number of aliphatic hydroxyl groups excluding tert-OH is 1. The first-order valence-corrected chi connectivity index (χ1v) is 5.14. The van der Waals surface area contributed by atoms with Crippen LogP contribution in [0.5, 0.6) is 0 Å². The van der Waals surface area contributed by atoms with E-state index in [4.69, 9.17) is 0 Å². The van der Waals surface area contributed by atoms with Gasteiger partial charge in [0, 0.05) is 5.56 Å². The van der Waals surface area contributed by atoms with E-state index >= 15 is 0 Å². The van der Waals surface area contributed by atoms with E-state index in [0.29, 0.717) is 0 Å². The summed E-state index contributed by atoms with van der Waals surface area (Å²) in [4.78, 5) is 0. The van der Waals surface area contributed by atoms with E-state index in [9.17, 15) is 5.11 Å². The van der Waals surface area contributed by atoms with Crippen LogP contribution in [0.25, 0.3) is 0 Å². The average Bonchev–Trinajstić information content (AvgIpc) is 2.10. The van der Waals surface area contributed by atoms with Crippen LogP contribution in [0.3, 0.4) is 0 Å². The van der Waals surface area contributed by atoms with Gasteiger partial charge in [0.1, 0.15) is 0 Å². The molecule has 1 heterocycles. The van der Waals surface area contributed by atoms with Crippen molar-refractivity contribution in [2.75, 3.05) is 0 Å². The number of hydrogen-bond donors (Lipinski definition) is 1. The van der Waals surface area contributed by atoms with Gasteiger partial charge >= 0.3 is 0 Å². The fourth-order valence-corrected chi connectivity index (χ4v) is 3.70. The summed E-state index contributed by atoms with van der Waals surface area (Å²) in [6.45, 7) is 1.75. The zero-order chi connectivity index (χ0) is 7.72. The molecule has 56 valence electrons. The highest BCUT2D eigenvalue weighted by atomic mass is 79.9. The van der Waals surface area contributed by atoms with Gasteiger partial charge in [-0.3, -0.25) is 0 Å². The monoisotopic (exact) mass is 284 g/mol. The van der Waals surface area contributed by atoms with E-state index in [1.807, 2.05) is 6.07 Å². The second-order valence-corrected chi connectivity index (χ2v) is 5.70. The predicted molar refractivity (Wildman–Crippen MR) is 50.4 cm³/mol. The molecule has 1 aromatic rings. The normalized spacial score (nSPS) is 13.6. The third kappa shape index (κ3) is 1.81. The minimum atomic E-state index is -0.392. The molecule has 1 rings (SSSR count). The Bertz CT molecular complexity index is 232. The molecular formula is C6H6Br2OS. The van der Waals surface area contributed by atoms with E-state index in [1.165, 1.54) is 0 Å². The Hall–Kier alpha value is 0.620. The molecule has 1 nitrogen and oxygen atoms in total. The van der Waals surface area contributed by atoms with Crippen molar-refractivity contribution in [3.8, 4) is 0 Å². The van der Waals surface area contributed by atoms with Crippen molar-refractivity contribution in [1.82, 2.24) is 0 Å². The number of halogens is 2. The highest BCUT2D eigenvalue weighted by Gasteiger charge is 2.08. The first kappa shape index (κ1) is 8.71. The van der Waals surface area contributed by atoms with Crippen LogP contribution in [0, 0.1) is 0 Å². The molecule has 1 atom stereocenters. The Morgan fingerprint density at radius 1 is 1.60 bits per heavy atom. The van der Waals surface area contributed by atoms with E-state index in [0.717, 1.165) is 13.1 Å². The molecular weight excluding hydrogens is 280 g/mol. The molecule has 0 aromatic carbocycles. The largest absolute Gasteiger partial charge is 0.389 e. The lowest BCUT2D eigenvalue weighted by atomic mass is 10.2. The van der Waals surface area contributed by atoms with Gasteiger partial charge in [0.15, 0.2) is 0 Å². The van der Waals surface area contributed by atoms with Crippen LogP contribution >= 0.6 is 43.2 Å². The standard InChI is InChI=1S/C6H6Br2OS/c1-3(9)4-2-5(7)10-6(4)8/h2-3,9H,1H3/t3-/m1/s1. The molecule has 0 aliphatic rings. The molecule has 4 heteroatoms. The maximum absolute atomic E-state index is 9.17. The maximum atomic E-state index is 9.17. The fraction of sp³-hybridized carbons (Fsp3) is 0.333. The van der Waals surface area contributed by atoms with E-state index in [2.05, 4.69) is 31.9 Å². The van der Waals surface area contributed by atoms with Crippen molar-refractivity contribution in [1.29, 1.82) is 0 Å². The van der Waals surface area contributed by atoms with Gasteiger partial charge in [0.05, 0.1) is 13.7 Å². The van der Waals surface area contributed by atoms with Crippen LogP contribution < -0.4 is 0 Å². The molecule has 0 fully saturated rings. The van der Waals surface area contributed by atoms with Crippen LogP contribution in [-0.4, -0.2) is 5.11 Å². The number of thiophene rings is 1. The summed E-state index contributed by atoms with van der Waals surface area (Å²) in [7, 11) is 0. The Kier molecular flexibility index (Phi) is 2.91. The lowest BCUT2D eigenvalue weighted by Crippen LogP contribution is -1.86. The molecule has 0 spiro atoms. The van der Waals surface area contributed by atoms with Crippen molar-refractivity contribution in [3.63, 3.8) is 0 Å². The summed E-state index contributed by atoms with van der Waals surface area (Å²) in [6.07, 6.45) is -0.392. The summed E-state index contributed by atoms with van der Waals surface area (Å²) < 4.78 is 2.03. The molecule has 0 unspecified atom stereocenters. The SMILES string of the molecule is C[C@@H](O)c1cc(Br)sc1Br. The zero-order valence-electron chi connectivity index (χ0n) is 5.27. The van der Waals surface area contributed by atoms with Crippen molar-refractivity contribution in [3.05, 3.63) is 19.2 Å². The van der Waals surface area contributed by atoms with Gasteiger partial charge in [-0.1, -0.05) is 0 Å². The highest BCUT2D eigenvalue weighted by molar-refractivity contribution is 9.12. The number of hydrogen-bond acceptors (Lipinski definition) is 2. The molecule has 0 bridgehead atoms. The summed E-state index contributed by atoms with van der Waals surface area (Å²) in [5.74, 6) is 0. The molecule has 10 heavy (non-hydrogen) atoms. The fourth-order valence-electron chi connectivity index (χ4n) is 0.638. The minimum Gasteiger partial charge on any atom is -0.389 e. The lowest BCUT2D eigenvalue weighted by molar-refractivity contribution is 0.199. The van der Waals surface area contributed by atoms with Gasteiger partial charge in [-0.15, -0.1) is 11.3 Å². The topological polar surface area (TPSA) is 20.2 Å². The van der Waals surface area contributed by atoms with Gasteiger partial charge in [-0.25, -0.2) is 0 Å². The number of rotatable bonds is 1. The molecule has 0 radical (unpaired) electrons. The van der Waals surface area contributed by atoms with Gasteiger partial charge in [-0.05, 0) is 44.8 Å². The maximum Gasteiger partial charge on any atom is 0.0781 e. The molecule has 0 saturated carbocycles. The molecule has 1 N–H and O–H groups in total. The first-order valence-electron chi connectivity index (χ1n) is 2.74.